The van der Waals surface area contributed by atoms with Gasteiger partial charge in [0.2, 0.25) is 0 Å². The number of nitrogens with zero attached hydrogens (tertiary/aromatic N) is 5. The fourth-order valence-corrected chi connectivity index (χ4v) is 2.38. The summed E-state index contributed by atoms with van der Waals surface area (Å²) >= 11 is 0. The second kappa shape index (κ2) is 6.88. The molecule has 0 spiro atoms. The van der Waals surface area contributed by atoms with Crippen LogP contribution in [0.3, 0.4) is 0 Å². The Morgan fingerprint density at radius 3 is 2.68 bits per heavy atom. The molecule has 0 fully saturated rings. The molecule has 0 aliphatic heterocycles. The van der Waals surface area contributed by atoms with E-state index in [1.54, 1.807) is 31.0 Å². The van der Waals surface area contributed by atoms with E-state index in [4.69, 9.17) is 0 Å². The molecule has 0 bridgehead atoms. The Bertz CT molecular complexity index is 880. The number of aromatic nitrogens is 6. The molecule has 0 aromatic carbocycles. The summed E-state index contributed by atoms with van der Waals surface area (Å²) in [5.41, 5.74) is 2.42. The number of rotatable bonds is 5. The van der Waals surface area contributed by atoms with E-state index in [1.807, 2.05) is 36.4 Å². The summed E-state index contributed by atoms with van der Waals surface area (Å²) in [6.45, 7) is 0.540. The van der Waals surface area contributed by atoms with Gasteiger partial charge >= 0.3 is 0 Å². The Morgan fingerprint density at radius 1 is 0.920 bits per heavy atom. The Kier molecular flexibility index (Phi) is 4.11. The molecular weight excluding hydrogens is 314 g/mol. The van der Waals surface area contributed by atoms with Crippen LogP contribution in [-0.4, -0.2) is 29.9 Å². The van der Waals surface area contributed by atoms with Crippen molar-refractivity contribution in [2.75, 3.05) is 5.32 Å². The molecule has 0 radical (unpaired) electrons. The van der Waals surface area contributed by atoms with Crippen molar-refractivity contribution in [1.29, 1.82) is 0 Å². The van der Waals surface area contributed by atoms with Gasteiger partial charge in [-0.05, 0) is 24.3 Å². The van der Waals surface area contributed by atoms with Crippen LogP contribution in [0.25, 0.3) is 22.8 Å². The SMILES string of the molecule is c1ccc(-c2nc(NCc3ncc[nH]3)cc(-c3cccnc3)n2)nc1. The maximum absolute atomic E-state index is 4.64. The van der Waals surface area contributed by atoms with Crippen molar-refractivity contribution in [2.45, 2.75) is 6.54 Å². The molecule has 0 saturated heterocycles. The molecule has 0 amide bonds. The highest BCUT2D eigenvalue weighted by atomic mass is 15.1. The monoisotopic (exact) mass is 329 g/mol. The molecule has 0 aliphatic carbocycles. The van der Waals surface area contributed by atoms with Gasteiger partial charge in [0.25, 0.3) is 0 Å². The third kappa shape index (κ3) is 3.50. The van der Waals surface area contributed by atoms with Crippen molar-refractivity contribution in [2.24, 2.45) is 0 Å². The maximum atomic E-state index is 4.64. The molecule has 4 rings (SSSR count). The normalized spacial score (nSPS) is 10.6. The number of hydrogen-bond acceptors (Lipinski definition) is 6. The first-order valence-corrected chi connectivity index (χ1v) is 7.81. The number of imidazole rings is 1. The highest BCUT2D eigenvalue weighted by molar-refractivity contribution is 5.65. The lowest BCUT2D eigenvalue weighted by atomic mass is 10.2. The van der Waals surface area contributed by atoms with Gasteiger partial charge < -0.3 is 10.3 Å². The van der Waals surface area contributed by atoms with Gasteiger partial charge in [-0.15, -0.1) is 0 Å². The van der Waals surface area contributed by atoms with Crippen LogP contribution in [0.4, 0.5) is 5.82 Å². The number of hydrogen-bond donors (Lipinski definition) is 2. The first-order chi connectivity index (χ1) is 12.4. The summed E-state index contributed by atoms with van der Waals surface area (Å²) in [6, 6.07) is 11.4. The fraction of sp³-hybridized carbons (Fsp3) is 0.0556. The zero-order valence-electron chi connectivity index (χ0n) is 13.3. The number of pyridine rings is 2. The highest BCUT2D eigenvalue weighted by Gasteiger charge is 2.10. The lowest BCUT2D eigenvalue weighted by Gasteiger charge is -2.09. The Balaban J connectivity index is 1.72. The molecule has 2 N–H and O–H groups in total. The van der Waals surface area contributed by atoms with Gasteiger partial charge in [0.05, 0.1) is 12.2 Å². The summed E-state index contributed by atoms with van der Waals surface area (Å²) in [7, 11) is 0. The van der Waals surface area contributed by atoms with Crippen molar-refractivity contribution in [3.05, 3.63) is 73.2 Å². The first-order valence-electron chi connectivity index (χ1n) is 7.81. The second-order valence-electron chi connectivity index (χ2n) is 5.31. The van der Waals surface area contributed by atoms with Gasteiger partial charge in [0.15, 0.2) is 5.82 Å². The molecule has 4 aromatic rings. The topological polar surface area (TPSA) is 92.3 Å². The van der Waals surface area contributed by atoms with Crippen LogP contribution in [0.2, 0.25) is 0 Å². The molecule has 0 unspecified atom stereocenters. The zero-order chi connectivity index (χ0) is 16.9. The van der Waals surface area contributed by atoms with Crippen molar-refractivity contribution in [3.8, 4) is 22.8 Å². The van der Waals surface area contributed by atoms with E-state index in [-0.39, 0.29) is 0 Å². The molecule has 4 aromatic heterocycles. The average Bonchev–Trinajstić information content (AvgIpc) is 3.21. The summed E-state index contributed by atoms with van der Waals surface area (Å²) in [5, 5.41) is 3.27. The lowest BCUT2D eigenvalue weighted by molar-refractivity contribution is 0.983. The number of H-pyrrole nitrogens is 1. The van der Waals surface area contributed by atoms with Crippen molar-refractivity contribution in [1.82, 2.24) is 29.9 Å². The minimum Gasteiger partial charge on any atom is -0.363 e. The standard InChI is InChI=1S/C18H15N7/c1-2-7-20-14(5-1)18-24-15(13-4-3-6-19-11-13)10-16(25-18)23-12-17-21-8-9-22-17/h1-11H,12H2,(H,21,22)(H,23,24,25). The number of nitrogens with one attached hydrogen (secondary N) is 2. The van der Waals surface area contributed by atoms with Crippen LogP contribution in [-0.2, 0) is 6.54 Å². The maximum Gasteiger partial charge on any atom is 0.180 e. The molecule has 4 heterocycles. The second-order valence-corrected chi connectivity index (χ2v) is 5.31. The van der Waals surface area contributed by atoms with Crippen LogP contribution in [0.5, 0.6) is 0 Å². The quantitative estimate of drug-likeness (QED) is 0.585. The van der Waals surface area contributed by atoms with E-state index in [9.17, 15) is 0 Å². The zero-order valence-corrected chi connectivity index (χ0v) is 13.3. The summed E-state index contributed by atoms with van der Waals surface area (Å²) < 4.78 is 0. The van der Waals surface area contributed by atoms with Crippen LogP contribution < -0.4 is 5.32 Å². The number of aromatic amines is 1. The van der Waals surface area contributed by atoms with Gasteiger partial charge in [0.1, 0.15) is 17.3 Å². The third-order valence-electron chi connectivity index (χ3n) is 3.57. The molecule has 0 aliphatic rings. The average molecular weight is 329 g/mol. The predicted molar refractivity (Wildman–Crippen MR) is 94.4 cm³/mol. The summed E-state index contributed by atoms with van der Waals surface area (Å²) in [6.07, 6.45) is 8.75. The predicted octanol–water partition coefficient (Wildman–Crippen LogP) is 2.94. The van der Waals surface area contributed by atoms with Gasteiger partial charge in [-0.3, -0.25) is 9.97 Å². The Hall–Kier alpha value is -3.61. The van der Waals surface area contributed by atoms with Crippen molar-refractivity contribution in [3.63, 3.8) is 0 Å². The largest absolute Gasteiger partial charge is 0.363 e. The minimum atomic E-state index is 0.540. The van der Waals surface area contributed by atoms with E-state index < -0.39 is 0 Å². The van der Waals surface area contributed by atoms with Gasteiger partial charge in [0, 0.05) is 42.6 Å². The first kappa shape index (κ1) is 14.9. The van der Waals surface area contributed by atoms with Gasteiger partial charge in [-0.2, -0.15) is 0 Å². The number of anilines is 1. The van der Waals surface area contributed by atoms with E-state index in [1.165, 1.54) is 0 Å². The molecule has 0 saturated carbocycles. The summed E-state index contributed by atoms with van der Waals surface area (Å²) in [4.78, 5) is 25.0. The van der Waals surface area contributed by atoms with Crippen molar-refractivity contribution < 1.29 is 0 Å². The molecule has 0 atom stereocenters. The summed E-state index contributed by atoms with van der Waals surface area (Å²) in [5.74, 6) is 2.09. The Labute approximate surface area is 144 Å². The van der Waals surface area contributed by atoms with E-state index >= 15 is 0 Å². The fourth-order valence-electron chi connectivity index (χ4n) is 2.38. The van der Waals surface area contributed by atoms with Gasteiger partial charge in [-0.1, -0.05) is 6.07 Å². The third-order valence-corrected chi connectivity index (χ3v) is 3.57. The molecule has 7 nitrogen and oxygen atoms in total. The highest BCUT2D eigenvalue weighted by Crippen LogP contribution is 2.23. The van der Waals surface area contributed by atoms with Crippen LogP contribution in [0.1, 0.15) is 5.82 Å². The van der Waals surface area contributed by atoms with E-state index in [0.29, 0.717) is 23.9 Å². The molecule has 25 heavy (non-hydrogen) atoms. The van der Waals surface area contributed by atoms with E-state index in [2.05, 4.69) is 35.2 Å². The van der Waals surface area contributed by atoms with Gasteiger partial charge in [-0.25, -0.2) is 15.0 Å². The van der Waals surface area contributed by atoms with E-state index in [0.717, 1.165) is 17.1 Å². The van der Waals surface area contributed by atoms with Crippen LogP contribution >= 0.6 is 0 Å². The smallest absolute Gasteiger partial charge is 0.180 e. The molecular formula is C18H15N7. The van der Waals surface area contributed by atoms with Crippen LogP contribution in [0.15, 0.2) is 67.4 Å². The lowest BCUT2D eigenvalue weighted by Crippen LogP contribution is -2.05. The molecule has 122 valence electrons. The molecule has 7 heteroatoms. The Morgan fingerprint density at radius 2 is 1.92 bits per heavy atom. The van der Waals surface area contributed by atoms with Crippen molar-refractivity contribution >= 4 is 5.82 Å². The van der Waals surface area contributed by atoms with Crippen LogP contribution in [0, 0.1) is 0 Å². The minimum absolute atomic E-state index is 0.540.